The highest BCUT2D eigenvalue weighted by Crippen LogP contribution is 2.09. The standard InChI is InChI=1S/C19H16N4O2/c1-12-6-7-17-22-13(11-23(17)10-12)8-21-19(25)15-9-20-16-5-3-2-4-14(16)18(15)24/h2-7,9-11H,8H2,1H3,(H,20,24)(H,21,25). The number of aromatic nitrogens is 3. The van der Waals surface area contributed by atoms with Gasteiger partial charge in [0.05, 0.1) is 12.2 Å². The summed E-state index contributed by atoms with van der Waals surface area (Å²) >= 11 is 0. The molecule has 0 radical (unpaired) electrons. The Morgan fingerprint density at radius 2 is 2.04 bits per heavy atom. The van der Waals surface area contributed by atoms with Gasteiger partial charge in [-0.15, -0.1) is 0 Å². The first-order valence-electron chi connectivity index (χ1n) is 7.95. The lowest BCUT2D eigenvalue weighted by atomic mass is 10.1. The molecule has 25 heavy (non-hydrogen) atoms. The largest absolute Gasteiger partial charge is 0.360 e. The van der Waals surface area contributed by atoms with E-state index in [1.807, 2.05) is 41.9 Å². The van der Waals surface area contributed by atoms with E-state index in [-0.39, 0.29) is 17.5 Å². The Morgan fingerprint density at radius 3 is 2.92 bits per heavy atom. The fourth-order valence-corrected chi connectivity index (χ4v) is 2.84. The Morgan fingerprint density at radius 1 is 1.20 bits per heavy atom. The van der Waals surface area contributed by atoms with Crippen LogP contribution >= 0.6 is 0 Å². The average Bonchev–Trinajstić information content (AvgIpc) is 3.02. The molecule has 6 heteroatoms. The monoisotopic (exact) mass is 332 g/mol. The van der Waals surface area contributed by atoms with E-state index in [0.29, 0.717) is 10.9 Å². The molecule has 6 nitrogen and oxygen atoms in total. The van der Waals surface area contributed by atoms with E-state index < -0.39 is 5.91 Å². The quantitative estimate of drug-likeness (QED) is 0.605. The van der Waals surface area contributed by atoms with Gasteiger partial charge in [0.1, 0.15) is 11.2 Å². The van der Waals surface area contributed by atoms with Gasteiger partial charge in [-0.2, -0.15) is 0 Å². The SMILES string of the molecule is Cc1ccc2nc(CNC(=O)c3c[nH]c4ccccc4c3=O)cn2c1. The van der Waals surface area contributed by atoms with Gasteiger partial charge in [0.15, 0.2) is 0 Å². The zero-order valence-electron chi connectivity index (χ0n) is 13.6. The molecular weight excluding hydrogens is 316 g/mol. The summed E-state index contributed by atoms with van der Waals surface area (Å²) in [5.41, 5.74) is 3.20. The molecule has 3 heterocycles. The summed E-state index contributed by atoms with van der Waals surface area (Å²) < 4.78 is 1.92. The summed E-state index contributed by atoms with van der Waals surface area (Å²) in [6.45, 7) is 2.26. The van der Waals surface area contributed by atoms with Gasteiger partial charge in [-0.3, -0.25) is 9.59 Å². The van der Waals surface area contributed by atoms with Crippen LogP contribution in [0.15, 0.2) is 59.8 Å². The number of carbonyl (C=O) groups is 1. The fraction of sp³-hybridized carbons (Fsp3) is 0.105. The Hall–Kier alpha value is -3.41. The first-order valence-corrected chi connectivity index (χ1v) is 7.95. The van der Waals surface area contributed by atoms with E-state index in [1.165, 1.54) is 6.20 Å². The molecule has 0 atom stereocenters. The van der Waals surface area contributed by atoms with Crippen LogP contribution in [0.3, 0.4) is 0 Å². The maximum atomic E-state index is 12.5. The molecule has 4 aromatic rings. The summed E-state index contributed by atoms with van der Waals surface area (Å²) in [6.07, 6.45) is 5.29. The number of fused-ring (bicyclic) bond motifs is 2. The zero-order chi connectivity index (χ0) is 17.4. The predicted molar refractivity (Wildman–Crippen MR) is 95.7 cm³/mol. The molecule has 0 saturated carbocycles. The van der Waals surface area contributed by atoms with Gasteiger partial charge in [-0.25, -0.2) is 4.98 Å². The number of H-pyrrole nitrogens is 1. The smallest absolute Gasteiger partial charge is 0.257 e. The molecule has 0 fully saturated rings. The van der Waals surface area contributed by atoms with E-state index in [1.54, 1.807) is 18.2 Å². The molecule has 1 amide bonds. The maximum Gasteiger partial charge on any atom is 0.257 e. The molecule has 0 aliphatic rings. The van der Waals surface area contributed by atoms with Crippen LogP contribution < -0.4 is 10.7 Å². The second-order valence-corrected chi connectivity index (χ2v) is 5.96. The Labute approximate surface area is 143 Å². The second kappa shape index (κ2) is 5.90. The van der Waals surface area contributed by atoms with Crippen molar-refractivity contribution in [1.82, 2.24) is 19.7 Å². The Kier molecular flexibility index (Phi) is 3.57. The third-order valence-electron chi connectivity index (χ3n) is 4.11. The van der Waals surface area contributed by atoms with Crippen LogP contribution in [-0.2, 0) is 6.54 Å². The molecule has 0 aliphatic carbocycles. The lowest BCUT2D eigenvalue weighted by molar-refractivity contribution is 0.0949. The normalized spacial score (nSPS) is 11.1. The predicted octanol–water partition coefficient (Wildman–Crippen LogP) is 2.41. The summed E-state index contributed by atoms with van der Waals surface area (Å²) in [5, 5.41) is 3.26. The summed E-state index contributed by atoms with van der Waals surface area (Å²) in [6, 6.07) is 11.0. The number of benzene rings is 1. The number of carbonyl (C=O) groups excluding carboxylic acids is 1. The van der Waals surface area contributed by atoms with Gasteiger partial charge < -0.3 is 14.7 Å². The zero-order valence-corrected chi connectivity index (χ0v) is 13.6. The Bertz CT molecular complexity index is 1160. The van der Waals surface area contributed by atoms with E-state index >= 15 is 0 Å². The van der Waals surface area contributed by atoms with Gasteiger partial charge >= 0.3 is 0 Å². The number of imidazole rings is 1. The molecule has 0 saturated heterocycles. The second-order valence-electron chi connectivity index (χ2n) is 5.96. The number of nitrogens with one attached hydrogen (secondary N) is 2. The van der Waals surface area contributed by atoms with E-state index in [2.05, 4.69) is 15.3 Å². The van der Waals surface area contributed by atoms with Crippen molar-refractivity contribution < 1.29 is 4.79 Å². The molecule has 4 rings (SSSR count). The number of pyridine rings is 2. The van der Waals surface area contributed by atoms with Gasteiger partial charge in [-0.1, -0.05) is 18.2 Å². The minimum absolute atomic E-state index is 0.0957. The van der Waals surface area contributed by atoms with Crippen LogP contribution in [0.5, 0.6) is 0 Å². The first kappa shape index (κ1) is 15.1. The molecule has 124 valence electrons. The molecule has 1 aromatic carbocycles. The van der Waals surface area contributed by atoms with Gasteiger partial charge in [-0.05, 0) is 30.7 Å². The fourth-order valence-electron chi connectivity index (χ4n) is 2.84. The van der Waals surface area contributed by atoms with Crippen molar-refractivity contribution >= 4 is 22.5 Å². The van der Waals surface area contributed by atoms with Crippen LogP contribution in [0.25, 0.3) is 16.6 Å². The molecular formula is C19H16N4O2. The van der Waals surface area contributed by atoms with Crippen LogP contribution in [0.2, 0.25) is 0 Å². The summed E-state index contributed by atoms with van der Waals surface area (Å²) in [7, 11) is 0. The molecule has 0 aliphatic heterocycles. The van der Waals surface area contributed by atoms with Crippen molar-refractivity contribution in [3.63, 3.8) is 0 Å². The van der Waals surface area contributed by atoms with Gasteiger partial charge in [0.25, 0.3) is 5.91 Å². The number of hydrogen-bond donors (Lipinski definition) is 2. The number of hydrogen-bond acceptors (Lipinski definition) is 3. The number of nitrogens with zero attached hydrogens (tertiary/aromatic N) is 2. The lowest BCUT2D eigenvalue weighted by Crippen LogP contribution is -2.28. The number of para-hydroxylation sites is 1. The number of aromatic amines is 1. The van der Waals surface area contributed by atoms with Crippen molar-refractivity contribution in [1.29, 1.82) is 0 Å². The highest BCUT2D eigenvalue weighted by Gasteiger charge is 2.13. The highest BCUT2D eigenvalue weighted by atomic mass is 16.2. The third-order valence-corrected chi connectivity index (χ3v) is 4.11. The average molecular weight is 332 g/mol. The van der Waals surface area contributed by atoms with Crippen molar-refractivity contribution in [2.75, 3.05) is 0 Å². The molecule has 0 unspecified atom stereocenters. The molecule has 0 bridgehead atoms. The Balaban J connectivity index is 1.57. The van der Waals surface area contributed by atoms with Crippen LogP contribution in [0.4, 0.5) is 0 Å². The molecule has 2 N–H and O–H groups in total. The van der Waals surface area contributed by atoms with E-state index in [4.69, 9.17) is 0 Å². The summed E-state index contributed by atoms with van der Waals surface area (Å²) in [4.78, 5) is 32.3. The van der Waals surface area contributed by atoms with Crippen molar-refractivity contribution in [3.05, 3.63) is 82.0 Å². The summed E-state index contributed by atoms with van der Waals surface area (Å²) in [5.74, 6) is -0.416. The minimum atomic E-state index is -0.416. The van der Waals surface area contributed by atoms with Crippen molar-refractivity contribution in [3.8, 4) is 0 Å². The van der Waals surface area contributed by atoms with Crippen LogP contribution in [0, 0.1) is 6.92 Å². The third kappa shape index (κ3) is 2.78. The van der Waals surface area contributed by atoms with Gasteiger partial charge in [0.2, 0.25) is 5.43 Å². The van der Waals surface area contributed by atoms with Crippen molar-refractivity contribution in [2.45, 2.75) is 13.5 Å². The highest BCUT2D eigenvalue weighted by molar-refractivity contribution is 5.97. The maximum absolute atomic E-state index is 12.5. The van der Waals surface area contributed by atoms with Crippen molar-refractivity contribution in [2.24, 2.45) is 0 Å². The number of amides is 1. The van der Waals surface area contributed by atoms with E-state index in [9.17, 15) is 9.59 Å². The van der Waals surface area contributed by atoms with E-state index in [0.717, 1.165) is 16.9 Å². The minimum Gasteiger partial charge on any atom is -0.360 e. The number of rotatable bonds is 3. The molecule has 0 spiro atoms. The van der Waals surface area contributed by atoms with Crippen LogP contribution in [-0.4, -0.2) is 20.3 Å². The van der Waals surface area contributed by atoms with Gasteiger partial charge in [0, 0.05) is 29.5 Å². The first-order chi connectivity index (χ1) is 12.1. The molecule has 3 aromatic heterocycles. The van der Waals surface area contributed by atoms with Crippen LogP contribution in [0.1, 0.15) is 21.6 Å². The topological polar surface area (TPSA) is 79.3 Å². The number of aryl methyl sites for hydroxylation is 1. The lowest BCUT2D eigenvalue weighted by Gasteiger charge is -2.04.